The van der Waals surface area contributed by atoms with E-state index >= 15 is 0 Å². The van der Waals surface area contributed by atoms with Crippen molar-refractivity contribution in [3.8, 4) is 61.3 Å². The Morgan fingerprint density at radius 2 is 0.778 bits per heavy atom. The van der Waals surface area contributed by atoms with Gasteiger partial charge in [-0.15, -0.1) is 11.3 Å². The number of thiophene rings is 1. The molecule has 2 aromatic heterocycles. The van der Waals surface area contributed by atoms with Gasteiger partial charge in [0.25, 0.3) is 0 Å². The van der Waals surface area contributed by atoms with Gasteiger partial charge in [0.15, 0.2) is 0 Å². The summed E-state index contributed by atoms with van der Waals surface area (Å²) in [6.45, 7) is 0. The molecule has 0 fully saturated rings. The highest BCUT2D eigenvalue weighted by atomic mass is 32.1. The van der Waals surface area contributed by atoms with Crippen molar-refractivity contribution in [1.29, 1.82) is 0 Å². The Morgan fingerprint density at radius 3 is 1.38 bits per heavy atom. The van der Waals surface area contributed by atoms with Crippen molar-refractivity contribution in [2.75, 3.05) is 0 Å². The molecular weight excluding hydrogens is 887 g/mol. The van der Waals surface area contributed by atoms with Crippen LogP contribution in [0, 0.1) is 0 Å². The lowest BCUT2D eigenvalue weighted by Gasteiger charge is -2.23. The molecule has 72 heavy (non-hydrogen) atoms. The molecule has 0 saturated carbocycles. The van der Waals surface area contributed by atoms with E-state index < -0.39 is 0 Å². The molecular formula is C70H45NS. The van der Waals surface area contributed by atoms with Crippen LogP contribution in [0.2, 0.25) is 0 Å². The van der Waals surface area contributed by atoms with Crippen molar-refractivity contribution >= 4 is 91.7 Å². The van der Waals surface area contributed by atoms with E-state index in [0.717, 1.165) is 12.8 Å². The number of hydrogen-bond acceptors (Lipinski definition) is 1. The molecule has 0 unspecified atom stereocenters. The Hall–Kier alpha value is -8.82. The minimum Gasteiger partial charge on any atom is -0.308 e. The number of nitrogens with zero attached hydrogens (tertiary/aromatic N) is 1. The monoisotopic (exact) mass is 931 g/mol. The summed E-state index contributed by atoms with van der Waals surface area (Å²) in [5.74, 6) is 0. The average molecular weight is 932 g/mol. The number of rotatable bonds is 6. The average Bonchev–Trinajstić information content (AvgIpc) is 3.98. The molecule has 15 rings (SSSR count). The second-order valence-corrected chi connectivity index (χ2v) is 20.4. The molecule has 0 atom stereocenters. The maximum absolute atomic E-state index is 2.54. The van der Waals surface area contributed by atoms with Crippen LogP contribution in [0.5, 0.6) is 0 Å². The van der Waals surface area contributed by atoms with Crippen molar-refractivity contribution in [2.45, 2.75) is 12.8 Å². The largest absolute Gasteiger partial charge is 0.308 e. The molecule has 2 heteroatoms. The summed E-state index contributed by atoms with van der Waals surface area (Å²) < 4.78 is 5.16. The van der Waals surface area contributed by atoms with E-state index in [1.807, 2.05) is 11.3 Å². The van der Waals surface area contributed by atoms with Gasteiger partial charge in [-0.3, -0.25) is 0 Å². The summed E-state index contributed by atoms with van der Waals surface area (Å²) in [5.41, 5.74) is 19.1. The first kappa shape index (κ1) is 41.0. The number of benzene rings is 12. The molecule has 0 amide bonds. The fourth-order valence-electron chi connectivity index (χ4n) is 12.3. The van der Waals surface area contributed by atoms with Crippen LogP contribution in [0.25, 0.3) is 142 Å². The van der Waals surface area contributed by atoms with Crippen molar-refractivity contribution in [2.24, 2.45) is 0 Å². The Morgan fingerprint density at radius 1 is 0.306 bits per heavy atom. The van der Waals surface area contributed by atoms with Gasteiger partial charge in [0.2, 0.25) is 0 Å². The second kappa shape index (κ2) is 16.4. The summed E-state index contributed by atoms with van der Waals surface area (Å²) >= 11 is 1.90. The van der Waals surface area contributed by atoms with Crippen LogP contribution in [-0.2, 0) is 6.42 Å². The number of allylic oxidation sites excluding steroid dienone is 1. The zero-order valence-electron chi connectivity index (χ0n) is 39.4. The summed E-state index contributed by atoms with van der Waals surface area (Å²) in [7, 11) is 0. The molecule has 0 aliphatic heterocycles. The maximum atomic E-state index is 2.54. The fraction of sp³-hybridized carbons (Fsp3) is 0.0286. The lowest BCUT2D eigenvalue weighted by molar-refractivity contribution is 0.991. The van der Waals surface area contributed by atoms with Gasteiger partial charge >= 0.3 is 0 Å². The minimum absolute atomic E-state index is 1.03. The molecule has 1 nitrogen and oxygen atoms in total. The van der Waals surface area contributed by atoms with Gasteiger partial charge in [0.05, 0.1) is 16.7 Å². The molecule has 0 radical (unpaired) electrons. The topological polar surface area (TPSA) is 4.93 Å². The van der Waals surface area contributed by atoms with E-state index in [2.05, 4.69) is 253 Å². The molecule has 0 N–H and O–H groups in total. The quantitative estimate of drug-likeness (QED) is 0.146. The lowest BCUT2D eigenvalue weighted by Crippen LogP contribution is -2.02. The van der Waals surface area contributed by atoms with Crippen LogP contribution in [0.15, 0.2) is 243 Å². The molecule has 0 spiro atoms. The van der Waals surface area contributed by atoms with E-state index in [9.17, 15) is 0 Å². The number of fused-ring (bicyclic) bond motifs is 10. The number of hydrogen-bond donors (Lipinski definition) is 0. The van der Waals surface area contributed by atoms with Crippen LogP contribution in [0.4, 0.5) is 0 Å². The molecule has 0 saturated heterocycles. The van der Waals surface area contributed by atoms with Crippen molar-refractivity contribution < 1.29 is 0 Å². The Labute approximate surface area is 421 Å². The van der Waals surface area contributed by atoms with E-state index in [4.69, 9.17) is 0 Å². The Kier molecular flexibility index (Phi) is 9.33. The summed E-state index contributed by atoms with van der Waals surface area (Å²) in [6, 6.07) is 88.2. The van der Waals surface area contributed by atoms with Crippen molar-refractivity contribution in [1.82, 2.24) is 4.57 Å². The zero-order valence-corrected chi connectivity index (χ0v) is 40.3. The summed E-state index contributed by atoms with van der Waals surface area (Å²) in [5, 5.41) is 12.7. The van der Waals surface area contributed by atoms with Gasteiger partial charge in [-0.2, -0.15) is 0 Å². The Bertz CT molecular complexity index is 4380. The normalized spacial score (nSPS) is 12.6. The third-order valence-electron chi connectivity index (χ3n) is 15.4. The highest BCUT2D eigenvalue weighted by Crippen LogP contribution is 2.49. The van der Waals surface area contributed by atoms with Gasteiger partial charge in [-0.05, 0) is 144 Å². The van der Waals surface area contributed by atoms with Gasteiger partial charge in [-0.25, -0.2) is 0 Å². The molecule has 1 aliphatic rings. The summed E-state index contributed by atoms with van der Waals surface area (Å²) in [4.78, 5) is 0. The maximum Gasteiger partial charge on any atom is 0.0619 e. The van der Waals surface area contributed by atoms with Gasteiger partial charge in [-0.1, -0.05) is 206 Å². The van der Waals surface area contributed by atoms with Gasteiger partial charge < -0.3 is 4.57 Å². The predicted octanol–water partition coefficient (Wildman–Crippen LogP) is 19.9. The van der Waals surface area contributed by atoms with E-state index in [1.54, 1.807) is 0 Å². The molecule has 336 valence electrons. The molecule has 14 aromatic rings. The van der Waals surface area contributed by atoms with Crippen molar-refractivity contribution in [3.63, 3.8) is 0 Å². The highest BCUT2D eigenvalue weighted by Gasteiger charge is 2.24. The smallest absolute Gasteiger partial charge is 0.0619 e. The minimum atomic E-state index is 1.03. The molecule has 0 bridgehead atoms. The third-order valence-corrected chi connectivity index (χ3v) is 16.6. The summed E-state index contributed by atoms with van der Waals surface area (Å²) in [6.07, 6.45) is 6.81. The van der Waals surface area contributed by atoms with Crippen molar-refractivity contribution in [3.05, 3.63) is 254 Å². The van der Waals surface area contributed by atoms with Crippen LogP contribution in [0.1, 0.15) is 17.5 Å². The first-order chi connectivity index (χ1) is 35.7. The fourth-order valence-corrected chi connectivity index (χ4v) is 13.4. The first-order valence-electron chi connectivity index (χ1n) is 25.1. The lowest BCUT2D eigenvalue weighted by atomic mass is 9.80. The SMILES string of the molecule is C1=Cc2c(c(-c3ccc4sc5cc(-c6c7ccccc7c(-n7c8ccc(-c9ccccc9)cc8c8cc(-c9ccccc9)ccc87)c7ccccc67)ccc5c4c3)c3ccccc3c2-c2ccccc2)CC1. The predicted molar refractivity (Wildman–Crippen MR) is 311 cm³/mol. The van der Waals surface area contributed by atoms with E-state index in [-0.39, 0.29) is 0 Å². The van der Waals surface area contributed by atoms with Crippen LogP contribution >= 0.6 is 11.3 Å². The number of aromatic nitrogens is 1. The van der Waals surface area contributed by atoms with Gasteiger partial charge in [0, 0.05) is 41.7 Å². The zero-order chi connectivity index (χ0) is 47.3. The molecule has 12 aromatic carbocycles. The Balaban J connectivity index is 0.921. The molecule has 2 heterocycles. The van der Waals surface area contributed by atoms with Gasteiger partial charge in [0.1, 0.15) is 0 Å². The second-order valence-electron chi connectivity index (χ2n) is 19.4. The van der Waals surface area contributed by atoms with Crippen LogP contribution < -0.4 is 0 Å². The first-order valence-corrected chi connectivity index (χ1v) is 25.9. The highest BCUT2D eigenvalue weighted by molar-refractivity contribution is 7.25. The van der Waals surface area contributed by atoms with Crippen LogP contribution in [-0.4, -0.2) is 4.57 Å². The van der Waals surface area contributed by atoms with E-state index in [0.29, 0.717) is 0 Å². The van der Waals surface area contributed by atoms with Crippen LogP contribution in [0.3, 0.4) is 0 Å². The third kappa shape index (κ3) is 6.32. The molecule has 1 aliphatic carbocycles. The van der Waals surface area contributed by atoms with E-state index in [1.165, 1.54) is 147 Å². The standard InChI is InChI=1S/C70H45NS/c1-4-18-44(19-5-1)47-33-37-63-60(40-47)61-41-48(45-20-6-2-7-21-45)34-38-64(61)71(63)70-58-30-16-14-28-56(58)69(57-29-15-17-31-59(57)70)50-32-36-51-62-42-49(35-39-65(62)72-66(51)43-50)68-54-26-12-10-24-52(54)67(46-22-8-3-9-23-46)53-25-11-13-27-55(53)68/h1-12,14-26,28-43H,13,27H2.